The van der Waals surface area contributed by atoms with Gasteiger partial charge in [-0.2, -0.15) is 11.3 Å². The second-order valence-corrected chi connectivity index (χ2v) is 6.55. The molecule has 0 aromatic carbocycles. The molecule has 1 aliphatic heterocycles. The molecular formula is C15H24N2S. The van der Waals surface area contributed by atoms with Crippen molar-refractivity contribution in [1.82, 2.24) is 10.2 Å². The van der Waals surface area contributed by atoms with Crippen molar-refractivity contribution in [1.29, 1.82) is 0 Å². The van der Waals surface area contributed by atoms with Crippen LogP contribution in [0, 0.1) is 0 Å². The van der Waals surface area contributed by atoms with Crippen molar-refractivity contribution in [2.75, 3.05) is 13.1 Å². The smallest absolute Gasteiger partial charge is 0.0244 e. The highest BCUT2D eigenvalue weighted by molar-refractivity contribution is 7.07. The first kappa shape index (κ1) is 12.6. The first-order chi connectivity index (χ1) is 8.92. The third kappa shape index (κ3) is 3.56. The van der Waals surface area contributed by atoms with E-state index in [0.717, 1.165) is 12.1 Å². The van der Waals surface area contributed by atoms with Gasteiger partial charge >= 0.3 is 0 Å². The van der Waals surface area contributed by atoms with Gasteiger partial charge in [-0.15, -0.1) is 0 Å². The molecule has 1 saturated heterocycles. The Labute approximate surface area is 114 Å². The largest absolute Gasteiger partial charge is 0.314 e. The summed E-state index contributed by atoms with van der Waals surface area (Å²) in [6.45, 7) is 3.71. The molecule has 1 saturated carbocycles. The van der Waals surface area contributed by atoms with Crippen LogP contribution in [0.3, 0.4) is 0 Å². The van der Waals surface area contributed by atoms with Gasteiger partial charge in [0.2, 0.25) is 0 Å². The molecule has 0 radical (unpaired) electrons. The molecule has 3 heteroatoms. The Morgan fingerprint density at radius 1 is 1.33 bits per heavy atom. The second kappa shape index (κ2) is 6.18. The summed E-state index contributed by atoms with van der Waals surface area (Å²) in [5.74, 6) is 0. The van der Waals surface area contributed by atoms with E-state index in [1.165, 1.54) is 63.7 Å². The van der Waals surface area contributed by atoms with Crippen LogP contribution < -0.4 is 5.32 Å². The lowest BCUT2D eigenvalue weighted by atomic mass is 10.1. The minimum Gasteiger partial charge on any atom is -0.314 e. The van der Waals surface area contributed by atoms with Gasteiger partial charge < -0.3 is 5.32 Å². The summed E-state index contributed by atoms with van der Waals surface area (Å²) >= 11 is 1.82. The number of rotatable bonds is 7. The van der Waals surface area contributed by atoms with Crippen molar-refractivity contribution in [3.05, 3.63) is 22.4 Å². The van der Waals surface area contributed by atoms with Gasteiger partial charge in [-0.05, 0) is 74.0 Å². The zero-order valence-corrected chi connectivity index (χ0v) is 11.9. The molecule has 0 spiro atoms. The number of nitrogens with zero attached hydrogens (tertiary/aromatic N) is 1. The molecule has 1 N–H and O–H groups in total. The predicted molar refractivity (Wildman–Crippen MR) is 78.0 cm³/mol. The van der Waals surface area contributed by atoms with Crippen LogP contribution in [0.5, 0.6) is 0 Å². The summed E-state index contributed by atoms with van der Waals surface area (Å²) in [5.41, 5.74) is 1.51. The maximum atomic E-state index is 3.60. The fourth-order valence-corrected chi connectivity index (χ4v) is 3.65. The molecule has 18 heavy (non-hydrogen) atoms. The van der Waals surface area contributed by atoms with Crippen molar-refractivity contribution in [3.8, 4) is 0 Å². The number of hydrogen-bond acceptors (Lipinski definition) is 3. The predicted octanol–water partition coefficient (Wildman–Crippen LogP) is 3.24. The maximum absolute atomic E-state index is 3.60. The number of thiophene rings is 1. The topological polar surface area (TPSA) is 15.3 Å². The van der Waals surface area contributed by atoms with Crippen LogP contribution in [0.15, 0.2) is 16.8 Å². The fourth-order valence-electron chi connectivity index (χ4n) is 2.99. The van der Waals surface area contributed by atoms with E-state index in [2.05, 4.69) is 27.0 Å². The molecule has 1 aromatic heterocycles. The Hall–Kier alpha value is -0.380. The molecule has 1 unspecified atom stereocenters. The number of hydrogen-bond donors (Lipinski definition) is 1. The van der Waals surface area contributed by atoms with Crippen molar-refractivity contribution in [2.45, 2.75) is 57.2 Å². The molecule has 2 fully saturated rings. The van der Waals surface area contributed by atoms with E-state index in [-0.39, 0.29) is 0 Å². The molecule has 100 valence electrons. The highest BCUT2D eigenvalue weighted by atomic mass is 32.1. The monoisotopic (exact) mass is 264 g/mol. The van der Waals surface area contributed by atoms with E-state index in [9.17, 15) is 0 Å². The van der Waals surface area contributed by atoms with Crippen molar-refractivity contribution in [3.63, 3.8) is 0 Å². The summed E-state index contributed by atoms with van der Waals surface area (Å²) in [6.07, 6.45) is 8.35. The first-order valence-corrected chi connectivity index (χ1v) is 8.34. The molecule has 0 amide bonds. The van der Waals surface area contributed by atoms with Crippen molar-refractivity contribution < 1.29 is 0 Å². The Bertz CT molecular complexity index is 339. The summed E-state index contributed by atoms with van der Waals surface area (Å²) in [6, 6.07) is 3.98. The summed E-state index contributed by atoms with van der Waals surface area (Å²) in [5, 5.41) is 8.10. The average Bonchev–Trinajstić information content (AvgIpc) is 2.89. The molecule has 1 aliphatic carbocycles. The van der Waals surface area contributed by atoms with Gasteiger partial charge in [0, 0.05) is 18.6 Å². The van der Waals surface area contributed by atoms with Crippen molar-refractivity contribution >= 4 is 11.3 Å². The summed E-state index contributed by atoms with van der Waals surface area (Å²) in [4.78, 5) is 2.71. The Kier molecular flexibility index (Phi) is 4.34. The van der Waals surface area contributed by atoms with Gasteiger partial charge in [-0.25, -0.2) is 0 Å². The van der Waals surface area contributed by atoms with Gasteiger partial charge in [-0.3, -0.25) is 4.90 Å². The zero-order valence-electron chi connectivity index (χ0n) is 11.1. The van der Waals surface area contributed by atoms with E-state index in [1.807, 2.05) is 11.3 Å². The molecule has 2 nitrogen and oxygen atoms in total. The normalized spacial score (nSPS) is 23.9. The van der Waals surface area contributed by atoms with Crippen LogP contribution in [0.25, 0.3) is 0 Å². The highest BCUT2D eigenvalue weighted by Gasteiger charge is 2.28. The second-order valence-electron chi connectivity index (χ2n) is 5.77. The zero-order chi connectivity index (χ0) is 12.2. The molecule has 1 aromatic rings. The Morgan fingerprint density at radius 3 is 2.94 bits per heavy atom. The van der Waals surface area contributed by atoms with Crippen LogP contribution in [-0.2, 0) is 6.54 Å². The molecule has 1 atom stereocenters. The molecule has 0 bridgehead atoms. The Morgan fingerprint density at radius 2 is 2.28 bits per heavy atom. The third-order valence-corrected chi connectivity index (χ3v) is 4.92. The lowest BCUT2D eigenvalue weighted by molar-refractivity contribution is 0.246. The molecular weight excluding hydrogens is 240 g/mol. The summed E-state index contributed by atoms with van der Waals surface area (Å²) in [7, 11) is 0. The van der Waals surface area contributed by atoms with Gasteiger partial charge in [0.1, 0.15) is 0 Å². The van der Waals surface area contributed by atoms with E-state index >= 15 is 0 Å². The van der Waals surface area contributed by atoms with Crippen LogP contribution in [0.4, 0.5) is 0 Å². The third-order valence-electron chi connectivity index (χ3n) is 4.19. The van der Waals surface area contributed by atoms with Crippen LogP contribution in [0.2, 0.25) is 0 Å². The standard InChI is InChI=1S/C15H24N2S/c1-3-14(16-8-1)4-2-9-17(15-5-6-15)11-13-7-10-18-12-13/h7,10,12,14-16H,1-6,8-9,11H2. The maximum Gasteiger partial charge on any atom is 0.0244 e. The van der Waals surface area contributed by atoms with E-state index in [0.29, 0.717) is 0 Å². The lowest BCUT2D eigenvalue weighted by Crippen LogP contribution is -2.28. The fraction of sp³-hybridized carbons (Fsp3) is 0.733. The van der Waals surface area contributed by atoms with E-state index in [4.69, 9.17) is 0 Å². The summed E-state index contributed by atoms with van der Waals surface area (Å²) < 4.78 is 0. The molecule has 3 rings (SSSR count). The molecule has 2 aliphatic rings. The van der Waals surface area contributed by atoms with Gasteiger partial charge in [0.15, 0.2) is 0 Å². The average molecular weight is 264 g/mol. The minimum atomic E-state index is 0.812. The lowest BCUT2D eigenvalue weighted by Gasteiger charge is -2.22. The van der Waals surface area contributed by atoms with E-state index < -0.39 is 0 Å². The van der Waals surface area contributed by atoms with Crippen LogP contribution >= 0.6 is 11.3 Å². The van der Waals surface area contributed by atoms with Gasteiger partial charge in [0.05, 0.1) is 0 Å². The van der Waals surface area contributed by atoms with E-state index in [1.54, 1.807) is 0 Å². The van der Waals surface area contributed by atoms with Crippen molar-refractivity contribution in [2.24, 2.45) is 0 Å². The van der Waals surface area contributed by atoms with Gasteiger partial charge in [0.25, 0.3) is 0 Å². The Balaban J connectivity index is 1.42. The number of nitrogens with one attached hydrogen (secondary N) is 1. The SMILES string of the molecule is c1cc(CN(CCCC2CCCN2)C2CC2)cs1. The highest BCUT2D eigenvalue weighted by Crippen LogP contribution is 2.29. The van der Waals surface area contributed by atoms with Crippen LogP contribution in [0.1, 0.15) is 44.1 Å². The quantitative estimate of drug-likeness (QED) is 0.813. The first-order valence-electron chi connectivity index (χ1n) is 7.40. The molecule has 2 heterocycles. The minimum absolute atomic E-state index is 0.812. The van der Waals surface area contributed by atoms with Crippen LogP contribution in [-0.4, -0.2) is 30.1 Å². The van der Waals surface area contributed by atoms with Gasteiger partial charge in [-0.1, -0.05) is 0 Å².